The van der Waals surface area contributed by atoms with Gasteiger partial charge < -0.3 is 20.3 Å². The molecule has 0 saturated heterocycles. The van der Waals surface area contributed by atoms with E-state index in [1.807, 2.05) is 70.4 Å². The molecule has 1 heterocycles. The van der Waals surface area contributed by atoms with Crippen LogP contribution in [-0.2, 0) is 0 Å². The minimum absolute atomic E-state index is 0.655. The van der Waals surface area contributed by atoms with E-state index in [1.165, 1.54) is 0 Å². The first-order valence-electron chi connectivity index (χ1n) is 8.93. The highest BCUT2D eigenvalue weighted by Crippen LogP contribution is 2.23. The number of aromatic nitrogens is 2. The summed E-state index contributed by atoms with van der Waals surface area (Å²) >= 11 is 0. The summed E-state index contributed by atoms with van der Waals surface area (Å²) in [4.78, 5) is 11.0. The van der Waals surface area contributed by atoms with Crippen molar-refractivity contribution in [1.29, 1.82) is 0 Å². The molecule has 3 rings (SSSR count). The Morgan fingerprint density at radius 3 is 1.85 bits per heavy atom. The van der Waals surface area contributed by atoms with Crippen LogP contribution >= 0.6 is 0 Å². The highest BCUT2D eigenvalue weighted by molar-refractivity contribution is 5.65. The van der Waals surface area contributed by atoms with Crippen molar-refractivity contribution in [3.8, 4) is 5.75 Å². The molecule has 0 unspecified atom stereocenters. The van der Waals surface area contributed by atoms with Gasteiger partial charge in [-0.05, 0) is 62.4 Å². The molecular weight excluding hydrogens is 338 g/mol. The first-order valence-corrected chi connectivity index (χ1v) is 8.93. The summed E-state index contributed by atoms with van der Waals surface area (Å²) < 4.78 is 5.47. The number of anilines is 5. The highest BCUT2D eigenvalue weighted by atomic mass is 16.5. The van der Waals surface area contributed by atoms with Gasteiger partial charge in [0.25, 0.3) is 0 Å². The van der Waals surface area contributed by atoms with Crippen LogP contribution in [0.2, 0.25) is 0 Å². The van der Waals surface area contributed by atoms with E-state index in [1.54, 1.807) is 0 Å². The maximum absolute atomic E-state index is 5.47. The predicted molar refractivity (Wildman–Crippen MR) is 112 cm³/mol. The van der Waals surface area contributed by atoms with Crippen molar-refractivity contribution >= 4 is 28.7 Å². The normalized spacial score (nSPS) is 10.4. The maximum atomic E-state index is 5.47. The van der Waals surface area contributed by atoms with Crippen LogP contribution in [-0.4, -0.2) is 30.7 Å². The summed E-state index contributed by atoms with van der Waals surface area (Å²) in [5.41, 5.74) is 3.07. The predicted octanol–water partition coefficient (Wildman–Crippen LogP) is 4.74. The third kappa shape index (κ3) is 5.10. The molecule has 0 aliphatic rings. The zero-order valence-electron chi connectivity index (χ0n) is 16.2. The van der Waals surface area contributed by atoms with Crippen LogP contribution in [0.4, 0.5) is 28.7 Å². The Labute approximate surface area is 160 Å². The standard InChI is InChI=1S/C21H25N5O/c1-5-27-19-12-8-17(9-13-19)25-21-14-20(22-15(2)23-21)24-16-6-10-18(11-7-16)26(3)4/h6-14H,5H2,1-4H3,(H2,22,23,24,25). The first-order chi connectivity index (χ1) is 13.0. The molecule has 27 heavy (non-hydrogen) atoms. The van der Waals surface area contributed by atoms with Gasteiger partial charge >= 0.3 is 0 Å². The van der Waals surface area contributed by atoms with E-state index >= 15 is 0 Å². The minimum Gasteiger partial charge on any atom is -0.494 e. The van der Waals surface area contributed by atoms with Crippen LogP contribution in [0.1, 0.15) is 12.7 Å². The average molecular weight is 363 g/mol. The fourth-order valence-corrected chi connectivity index (χ4v) is 2.64. The maximum Gasteiger partial charge on any atom is 0.136 e. The molecule has 0 spiro atoms. The van der Waals surface area contributed by atoms with E-state index in [0.29, 0.717) is 12.4 Å². The zero-order valence-corrected chi connectivity index (χ0v) is 16.2. The zero-order chi connectivity index (χ0) is 19.2. The lowest BCUT2D eigenvalue weighted by Crippen LogP contribution is -2.08. The van der Waals surface area contributed by atoms with Crippen molar-refractivity contribution in [2.75, 3.05) is 36.2 Å². The van der Waals surface area contributed by atoms with Gasteiger partial charge in [-0.3, -0.25) is 0 Å². The number of ether oxygens (including phenoxy) is 1. The fraction of sp³-hybridized carbons (Fsp3) is 0.238. The van der Waals surface area contributed by atoms with Crippen molar-refractivity contribution in [2.45, 2.75) is 13.8 Å². The van der Waals surface area contributed by atoms with Crippen molar-refractivity contribution < 1.29 is 4.74 Å². The van der Waals surface area contributed by atoms with Gasteiger partial charge in [-0.25, -0.2) is 9.97 Å². The molecule has 0 bridgehead atoms. The molecule has 0 atom stereocenters. The van der Waals surface area contributed by atoms with E-state index in [0.717, 1.165) is 34.4 Å². The van der Waals surface area contributed by atoms with Gasteiger partial charge in [0.15, 0.2) is 0 Å². The summed E-state index contributed by atoms with van der Waals surface area (Å²) in [6.07, 6.45) is 0. The lowest BCUT2D eigenvalue weighted by atomic mass is 10.2. The molecule has 0 aliphatic carbocycles. The molecule has 2 N–H and O–H groups in total. The number of aryl methyl sites for hydroxylation is 1. The molecule has 0 radical (unpaired) electrons. The molecule has 0 amide bonds. The minimum atomic E-state index is 0.655. The van der Waals surface area contributed by atoms with Crippen molar-refractivity contribution in [3.05, 3.63) is 60.4 Å². The second kappa shape index (κ2) is 8.40. The summed E-state index contributed by atoms with van der Waals surface area (Å²) in [6, 6.07) is 17.9. The second-order valence-corrected chi connectivity index (χ2v) is 6.33. The van der Waals surface area contributed by atoms with Crippen LogP contribution in [0.25, 0.3) is 0 Å². The van der Waals surface area contributed by atoms with Gasteiger partial charge in [0.1, 0.15) is 23.2 Å². The van der Waals surface area contributed by atoms with Crippen molar-refractivity contribution in [2.24, 2.45) is 0 Å². The summed E-state index contributed by atoms with van der Waals surface area (Å²) in [7, 11) is 4.05. The van der Waals surface area contributed by atoms with Crippen LogP contribution in [0.5, 0.6) is 5.75 Å². The van der Waals surface area contributed by atoms with E-state index in [-0.39, 0.29) is 0 Å². The molecule has 2 aromatic carbocycles. The molecule has 0 fully saturated rings. The van der Waals surface area contributed by atoms with Crippen LogP contribution in [0, 0.1) is 6.92 Å². The molecule has 6 heteroatoms. The number of nitrogens with one attached hydrogen (secondary N) is 2. The molecule has 3 aromatic rings. The smallest absolute Gasteiger partial charge is 0.136 e. The van der Waals surface area contributed by atoms with E-state index in [2.05, 4.69) is 37.6 Å². The lowest BCUT2D eigenvalue weighted by molar-refractivity contribution is 0.340. The van der Waals surface area contributed by atoms with E-state index in [9.17, 15) is 0 Å². The molecule has 1 aromatic heterocycles. The van der Waals surface area contributed by atoms with E-state index < -0.39 is 0 Å². The van der Waals surface area contributed by atoms with Gasteiger partial charge in [0.2, 0.25) is 0 Å². The summed E-state index contributed by atoms with van der Waals surface area (Å²) in [6.45, 7) is 4.50. The monoisotopic (exact) mass is 363 g/mol. The van der Waals surface area contributed by atoms with Crippen molar-refractivity contribution in [1.82, 2.24) is 9.97 Å². The van der Waals surface area contributed by atoms with Gasteiger partial charge in [0, 0.05) is 37.2 Å². The quantitative estimate of drug-likeness (QED) is 0.632. The number of rotatable bonds is 7. The largest absolute Gasteiger partial charge is 0.494 e. The van der Waals surface area contributed by atoms with Crippen LogP contribution < -0.4 is 20.3 Å². The highest BCUT2D eigenvalue weighted by Gasteiger charge is 2.04. The third-order valence-corrected chi connectivity index (χ3v) is 3.93. The number of hydrogen-bond donors (Lipinski definition) is 2. The van der Waals surface area contributed by atoms with E-state index in [4.69, 9.17) is 4.74 Å². The Kier molecular flexibility index (Phi) is 5.76. The van der Waals surface area contributed by atoms with Gasteiger partial charge in [-0.15, -0.1) is 0 Å². The Hall–Kier alpha value is -3.28. The number of nitrogens with zero attached hydrogens (tertiary/aromatic N) is 3. The molecule has 0 aliphatic heterocycles. The van der Waals surface area contributed by atoms with Gasteiger partial charge in [-0.1, -0.05) is 0 Å². The lowest BCUT2D eigenvalue weighted by Gasteiger charge is -2.14. The molecule has 0 saturated carbocycles. The first kappa shape index (κ1) is 18.5. The third-order valence-electron chi connectivity index (χ3n) is 3.93. The fourth-order valence-electron chi connectivity index (χ4n) is 2.64. The van der Waals surface area contributed by atoms with Crippen molar-refractivity contribution in [3.63, 3.8) is 0 Å². The van der Waals surface area contributed by atoms with Crippen LogP contribution in [0.3, 0.4) is 0 Å². The number of benzene rings is 2. The van der Waals surface area contributed by atoms with Crippen LogP contribution in [0.15, 0.2) is 54.6 Å². The summed E-state index contributed by atoms with van der Waals surface area (Å²) in [5.74, 6) is 3.02. The number of hydrogen-bond acceptors (Lipinski definition) is 6. The Balaban J connectivity index is 1.73. The molecular formula is C21H25N5O. The molecule has 140 valence electrons. The second-order valence-electron chi connectivity index (χ2n) is 6.33. The molecule has 6 nitrogen and oxygen atoms in total. The topological polar surface area (TPSA) is 62.3 Å². The van der Waals surface area contributed by atoms with Gasteiger partial charge in [-0.2, -0.15) is 0 Å². The van der Waals surface area contributed by atoms with Gasteiger partial charge in [0.05, 0.1) is 6.61 Å². The summed E-state index contributed by atoms with van der Waals surface area (Å²) in [5, 5.41) is 6.64. The average Bonchev–Trinajstić information content (AvgIpc) is 2.63. The SMILES string of the molecule is CCOc1ccc(Nc2cc(Nc3ccc(N(C)C)cc3)nc(C)n2)cc1. The Bertz CT molecular complexity index is 876. The Morgan fingerprint density at radius 2 is 1.37 bits per heavy atom. The Morgan fingerprint density at radius 1 is 0.852 bits per heavy atom.